The van der Waals surface area contributed by atoms with Gasteiger partial charge in [0.15, 0.2) is 0 Å². The van der Waals surface area contributed by atoms with Crippen LogP contribution in [0.15, 0.2) is 0 Å². The number of hydrogen-bond donors (Lipinski definition) is 0. The molecule has 0 aliphatic heterocycles. The van der Waals surface area contributed by atoms with Gasteiger partial charge >= 0.3 is 0 Å². The summed E-state index contributed by atoms with van der Waals surface area (Å²) in [5.74, 6) is 9.44. The third-order valence-electron chi connectivity index (χ3n) is 11.0. The van der Waals surface area contributed by atoms with E-state index < -0.39 is 0 Å². The van der Waals surface area contributed by atoms with Crippen LogP contribution in [0.3, 0.4) is 0 Å². The van der Waals surface area contributed by atoms with E-state index in [-0.39, 0.29) is 0 Å². The Bertz CT molecular complexity index is 488. The second-order valence-corrected chi connectivity index (χ2v) is 13.7. The van der Waals surface area contributed by atoms with Crippen molar-refractivity contribution in [3.8, 4) is 0 Å². The molecule has 0 heterocycles. The van der Waals surface area contributed by atoms with E-state index in [1.165, 1.54) is 83.5 Å². The van der Waals surface area contributed by atoms with Gasteiger partial charge in [-0.3, -0.25) is 0 Å². The van der Waals surface area contributed by atoms with Gasteiger partial charge in [-0.2, -0.15) is 0 Å². The maximum Gasteiger partial charge on any atom is -0.0324 e. The minimum atomic E-state index is 0.913. The zero-order valence-electron chi connectivity index (χ0n) is 23.6. The molecule has 4 rings (SSSR count). The number of fused-ring (bicyclic) bond motifs is 1. The summed E-state index contributed by atoms with van der Waals surface area (Å²) < 4.78 is 0. The molecule has 0 aromatic heterocycles. The quantitative estimate of drug-likeness (QED) is 0.384. The summed E-state index contributed by atoms with van der Waals surface area (Å²) in [6.45, 7) is 12.3. The predicted molar refractivity (Wildman–Crippen MR) is 148 cm³/mol. The van der Waals surface area contributed by atoms with Gasteiger partial charge in [-0.05, 0) is 98.2 Å². The molecule has 4 aliphatic carbocycles. The molecular formula is C33H62. The summed E-state index contributed by atoms with van der Waals surface area (Å²) >= 11 is 0. The smallest absolute Gasteiger partial charge is 0.0324 e. The van der Waals surface area contributed by atoms with E-state index in [0.29, 0.717) is 0 Å². The third kappa shape index (κ3) is 8.27. The van der Waals surface area contributed by atoms with E-state index in [9.17, 15) is 0 Å². The number of rotatable bonds is 5. The van der Waals surface area contributed by atoms with Gasteiger partial charge in [0, 0.05) is 0 Å². The van der Waals surface area contributed by atoms with Crippen molar-refractivity contribution >= 4 is 0 Å². The van der Waals surface area contributed by atoms with Crippen LogP contribution in [0.25, 0.3) is 0 Å². The Morgan fingerprint density at radius 1 is 0.667 bits per heavy atom. The molecule has 5 atom stereocenters. The highest BCUT2D eigenvalue weighted by Gasteiger charge is 2.47. The average Bonchev–Trinajstić information content (AvgIpc) is 3.31. The lowest BCUT2D eigenvalue weighted by Gasteiger charge is -2.50. The van der Waals surface area contributed by atoms with Crippen LogP contribution in [0.5, 0.6) is 0 Å². The van der Waals surface area contributed by atoms with Crippen molar-refractivity contribution in [2.75, 3.05) is 0 Å². The monoisotopic (exact) mass is 458 g/mol. The molecule has 0 amide bonds. The molecule has 0 spiro atoms. The fourth-order valence-electron chi connectivity index (χ4n) is 8.86. The van der Waals surface area contributed by atoms with Gasteiger partial charge < -0.3 is 0 Å². The Kier molecular flexibility index (Phi) is 12.1. The molecule has 4 aliphatic rings. The minimum Gasteiger partial charge on any atom is -0.0654 e. The van der Waals surface area contributed by atoms with Crippen molar-refractivity contribution in [1.29, 1.82) is 0 Å². The molecular weight excluding hydrogens is 396 g/mol. The summed E-state index contributed by atoms with van der Waals surface area (Å²) in [5.41, 5.74) is 0. The molecule has 33 heavy (non-hydrogen) atoms. The fraction of sp³-hybridized carbons (Fsp3) is 1.00. The normalized spacial score (nSPS) is 38.5. The molecule has 0 radical (unpaired) electrons. The van der Waals surface area contributed by atoms with Gasteiger partial charge in [0.1, 0.15) is 0 Å². The van der Waals surface area contributed by atoms with E-state index in [4.69, 9.17) is 0 Å². The van der Waals surface area contributed by atoms with Gasteiger partial charge in [0.25, 0.3) is 0 Å². The number of hydrogen-bond acceptors (Lipinski definition) is 0. The van der Waals surface area contributed by atoms with Crippen LogP contribution in [-0.4, -0.2) is 0 Å². The molecule has 4 fully saturated rings. The molecule has 0 heteroatoms. The lowest BCUT2D eigenvalue weighted by atomic mass is 9.56. The Balaban J connectivity index is 0.000000257. The van der Waals surface area contributed by atoms with Crippen molar-refractivity contribution in [3.05, 3.63) is 0 Å². The first-order valence-electron chi connectivity index (χ1n) is 16.0. The van der Waals surface area contributed by atoms with Crippen LogP contribution < -0.4 is 0 Å². The van der Waals surface area contributed by atoms with Gasteiger partial charge in [-0.25, -0.2) is 0 Å². The Labute approximate surface area is 209 Å². The van der Waals surface area contributed by atoms with Crippen LogP contribution in [0, 0.1) is 53.3 Å². The maximum absolute atomic E-state index is 2.61. The van der Waals surface area contributed by atoms with Crippen LogP contribution >= 0.6 is 0 Å². The maximum atomic E-state index is 2.61. The molecule has 0 bridgehead atoms. The van der Waals surface area contributed by atoms with E-state index in [1.807, 2.05) is 0 Å². The third-order valence-corrected chi connectivity index (χ3v) is 11.0. The van der Waals surface area contributed by atoms with E-state index in [2.05, 4.69) is 34.6 Å². The van der Waals surface area contributed by atoms with Crippen molar-refractivity contribution in [2.24, 2.45) is 53.3 Å². The first kappa shape index (κ1) is 27.6. The van der Waals surface area contributed by atoms with Gasteiger partial charge in [0.05, 0.1) is 0 Å². The summed E-state index contributed by atoms with van der Waals surface area (Å²) in [7, 11) is 0. The number of unbranched alkanes of at least 4 members (excludes halogenated alkanes) is 1. The standard InChI is InChI=1S/C23H42.C10H20/c1-5-6-9-21-17(4)15-20-8-7-10-22(20)23(21)19-13-11-18(12-14-19)16(2)3;1-10-8-6-4-2-3-5-7-9-10/h16-23H,5-15H2,1-4H3;10H,2-9H2,1H3. The Morgan fingerprint density at radius 3 is 1.91 bits per heavy atom. The summed E-state index contributed by atoms with van der Waals surface area (Å²) in [5, 5.41) is 0. The molecule has 5 unspecified atom stereocenters. The van der Waals surface area contributed by atoms with E-state index in [0.717, 1.165) is 53.3 Å². The molecule has 0 aromatic rings. The van der Waals surface area contributed by atoms with Crippen LogP contribution in [0.4, 0.5) is 0 Å². The van der Waals surface area contributed by atoms with Crippen molar-refractivity contribution in [3.63, 3.8) is 0 Å². The zero-order valence-corrected chi connectivity index (χ0v) is 23.6. The molecule has 0 saturated heterocycles. The van der Waals surface area contributed by atoms with Crippen molar-refractivity contribution in [1.82, 2.24) is 0 Å². The average molecular weight is 459 g/mol. The SMILES string of the molecule is CC1CCCCCCCC1.CCCCC1C(C)CC2CCCC2C1C1CCC(C(C)C)CC1. The highest BCUT2D eigenvalue weighted by molar-refractivity contribution is 4.97. The zero-order chi connectivity index (χ0) is 23.6. The van der Waals surface area contributed by atoms with Gasteiger partial charge in [-0.1, -0.05) is 112 Å². The highest BCUT2D eigenvalue weighted by Crippen LogP contribution is 2.56. The van der Waals surface area contributed by atoms with Crippen LogP contribution in [0.1, 0.15) is 157 Å². The highest BCUT2D eigenvalue weighted by atomic mass is 14.5. The Hall–Kier alpha value is 0. The van der Waals surface area contributed by atoms with Crippen LogP contribution in [0.2, 0.25) is 0 Å². The van der Waals surface area contributed by atoms with E-state index in [1.54, 1.807) is 38.5 Å². The molecule has 0 N–H and O–H groups in total. The van der Waals surface area contributed by atoms with Crippen molar-refractivity contribution in [2.45, 2.75) is 157 Å². The lowest BCUT2D eigenvalue weighted by molar-refractivity contribution is -0.00486. The van der Waals surface area contributed by atoms with Crippen LogP contribution in [-0.2, 0) is 0 Å². The lowest BCUT2D eigenvalue weighted by Crippen LogP contribution is -2.42. The first-order chi connectivity index (χ1) is 16.0. The largest absolute Gasteiger partial charge is 0.0654 e. The molecule has 4 saturated carbocycles. The Morgan fingerprint density at radius 2 is 1.30 bits per heavy atom. The molecule has 0 nitrogen and oxygen atoms in total. The second-order valence-electron chi connectivity index (χ2n) is 13.7. The van der Waals surface area contributed by atoms with Crippen molar-refractivity contribution < 1.29 is 0 Å². The molecule has 194 valence electrons. The summed E-state index contributed by atoms with van der Waals surface area (Å²) in [6.07, 6.45) is 28.8. The molecule has 0 aromatic carbocycles. The van der Waals surface area contributed by atoms with Gasteiger partial charge in [-0.15, -0.1) is 0 Å². The summed E-state index contributed by atoms with van der Waals surface area (Å²) in [6, 6.07) is 0. The predicted octanol–water partition coefficient (Wildman–Crippen LogP) is 11.1. The topological polar surface area (TPSA) is 0 Å². The minimum absolute atomic E-state index is 0.913. The van der Waals surface area contributed by atoms with E-state index >= 15 is 0 Å². The van der Waals surface area contributed by atoms with Gasteiger partial charge in [0.2, 0.25) is 0 Å². The summed E-state index contributed by atoms with van der Waals surface area (Å²) in [4.78, 5) is 0. The fourth-order valence-corrected chi connectivity index (χ4v) is 8.86. The first-order valence-corrected chi connectivity index (χ1v) is 16.0. The second kappa shape index (κ2) is 14.5.